The van der Waals surface area contributed by atoms with Gasteiger partial charge in [-0.2, -0.15) is 6.42 Å². The summed E-state index contributed by atoms with van der Waals surface area (Å²) in [7, 11) is -1.36. The van der Waals surface area contributed by atoms with Crippen molar-refractivity contribution in [2.24, 2.45) is 11.8 Å². The van der Waals surface area contributed by atoms with E-state index < -0.39 is 16.6 Å². The molecule has 0 heterocycles. The largest absolute Gasteiger partial charge is 1.00 e. The van der Waals surface area contributed by atoms with Crippen molar-refractivity contribution in [2.75, 3.05) is 0 Å². The van der Waals surface area contributed by atoms with Crippen LogP contribution in [0.2, 0.25) is 0 Å². The van der Waals surface area contributed by atoms with Gasteiger partial charge in [0.2, 0.25) is 0 Å². The Morgan fingerprint density at radius 3 is 2.06 bits per heavy atom. The van der Waals surface area contributed by atoms with E-state index in [2.05, 4.69) is 39.3 Å². The van der Waals surface area contributed by atoms with Gasteiger partial charge < -0.3 is 11.7 Å². The maximum atomic E-state index is 12.8. The fraction of sp³-hybridized carbons (Fsp3) is 0.680. The fourth-order valence-electron chi connectivity index (χ4n) is 2.88. The van der Waals surface area contributed by atoms with Crippen LogP contribution in [0.5, 0.6) is 0 Å². The molecule has 0 radical (unpaired) electrons. The molecule has 0 aliphatic rings. The molecule has 174 valence electrons. The molecule has 0 amide bonds. The molecule has 1 N–H and O–H groups in total. The van der Waals surface area contributed by atoms with Crippen molar-refractivity contribution in [3.05, 3.63) is 36.8 Å². The number of carbonyl (C=O) groups excluding carboxylic acids is 1. The minimum atomic E-state index is -1.36. The predicted molar refractivity (Wildman–Crippen MR) is 128 cm³/mol. The molecule has 4 atom stereocenters. The topological polar surface area (TPSA) is 55.4 Å². The molecule has 6 heteroatoms. The first-order valence-electron chi connectivity index (χ1n) is 11.2. The van der Waals surface area contributed by atoms with Gasteiger partial charge >= 0.3 is 24.8 Å². The Morgan fingerprint density at radius 2 is 1.65 bits per heavy atom. The van der Waals surface area contributed by atoms with Gasteiger partial charge in [-0.15, -0.1) is 0 Å². The summed E-state index contributed by atoms with van der Waals surface area (Å²) in [6.07, 6.45) is 4.65. The van der Waals surface area contributed by atoms with Crippen LogP contribution in [0.1, 0.15) is 86.1 Å². The molecule has 1 aromatic rings. The van der Waals surface area contributed by atoms with Gasteiger partial charge in [-0.05, 0) is 51.7 Å². The standard InChI is InChI=1S/C21H35NO3S.C4H9.Li/c1-8-9-16(3)17(4)19(14-20(23)25-21(5,6)7)22-26(24)18-12-10-15(2)11-13-18;1-3-4-2;/h10-13,16-17,19,22H,8-9,14H2,1-7H3;1,3-4H2,2H3;/q;-1;+1/t16-,17-,19-,26?;;/m1../s1. The maximum absolute atomic E-state index is 12.8. The molecule has 0 fully saturated rings. The molecule has 0 aromatic heterocycles. The quantitative estimate of drug-likeness (QED) is 0.341. The average Bonchev–Trinajstić information content (AvgIpc) is 2.66. The van der Waals surface area contributed by atoms with Gasteiger partial charge in [0.15, 0.2) is 0 Å². The van der Waals surface area contributed by atoms with Gasteiger partial charge in [-0.25, -0.2) is 8.93 Å². The Balaban J connectivity index is 0. The Morgan fingerprint density at radius 1 is 1.13 bits per heavy atom. The second-order valence-corrected chi connectivity index (χ2v) is 10.3. The maximum Gasteiger partial charge on any atom is 1.00 e. The number of unbranched alkanes of at least 4 members (excludes halogenated alkanes) is 1. The normalized spacial score (nSPS) is 14.9. The first kappa shape index (κ1) is 32.6. The Hall–Kier alpha value is -0.603. The smallest absolute Gasteiger partial charge is 0.460 e. The predicted octanol–water partition coefficient (Wildman–Crippen LogP) is 3.40. The molecular formula is C25H44LiNO3S. The first-order valence-corrected chi connectivity index (χ1v) is 12.4. The summed E-state index contributed by atoms with van der Waals surface area (Å²) in [6, 6.07) is 7.42. The van der Waals surface area contributed by atoms with Crippen molar-refractivity contribution in [3.8, 4) is 0 Å². The van der Waals surface area contributed by atoms with Crippen molar-refractivity contribution in [3.63, 3.8) is 0 Å². The van der Waals surface area contributed by atoms with Gasteiger partial charge in [0.25, 0.3) is 0 Å². The second-order valence-electron chi connectivity index (χ2n) is 9.08. The van der Waals surface area contributed by atoms with Crippen LogP contribution in [0.3, 0.4) is 0 Å². The molecule has 0 bridgehead atoms. The summed E-state index contributed by atoms with van der Waals surface area (Å²) in [6.45, 7) is 19.8. The van der Waals surface area contributed by atoms with E-state index >= 15 is 0 Å². The monoisotopic (exact) mass is 445 g/mol. The fourth-order valence-corrected chi connectivity index (χ4v) is 3.97. The van der Waals surface area contributed by atoms with E-state index in [9.17, 15) is 9.00 Å². The van der Waals surface area contributed by atoms with Crippen LogP contribution in [0, 0.1) is 25.7 Å². The van der Waals surface area contributed by atoms with Crippen molar-refractivity contribution >= 4 is 17.0 Å². The van der Waals surface area contributed by atoms with Crippen LogP contribution >= 0.6 is 0 Å². The molecule has 0 aliphatic heterocycles. The van der Waals surface area contributed by atoms with Crippen LogP contribution in [-0.2, 0) is 20.5 Å². The zero-order chi connectivity index (χ0) is 23.3. The summed E-state index contributed by atoms with van der Waals surface area (Å²) in [5, 5.41) is 0. The minimum Gasteiger partial charge on any atom is -0.460 e. The summed E-state index contributed by atoms with van der Waals surface area (Å²) >= 11 is 0. The summed E-state index contributed by atoms with van der Waals surface area (Å²) in [5.74, 6) is 0.373. The number of esters is 1. The molecule has 1 unspecified atom stereocenters. The molecule has 1 aromatic carbocycles. The average molecular weight is 446 g/mol. The molecule has 31 heavy (non-hydrogen) atoms. The van der Waals surface area contributed by atoms with E-state index in [1.165, 1.54) is 6.42 Å². The third-order valence-corrected chi connectivity index (χ3v) is 6.15. The van der Waals surface area contributed by atoms with Crippen LogP contribution in [0.25, 0.3) is 0 Å². The molecular weight excluding hydrogens is 401 g/mol. The number of rotatable bonds is 10. The van der Waals surface area contributed by atoms with Gasteiger partial charge in [0.1, 0.15) is 16.6 Å². The number of hydrogen-bond donors (Lipinski definition) is 1. The van der Waals surface area contributed by atoms with E-state index in [0.717, 1.165) is 29.7 Å². The van der Waals surface area contributed by atoms with Gasteiger partial charge in [-0.1, -0.05) is 64.7 Å². The van der Waals surface area contributed by atoms with E-state index in [-0.39, 0.29) is 43.2 Å². The Labute approximate surface area is 206 Å². The Bertz CT molecular complexity index is 627. The first-order chi connectivity index (χ1) is 13.9. The molecule has 0 aliphatic carbocycles. The molecule has 0 saturated heterocycles. The van der Waals surface area contributed by atoms with Crippen LogP contribution in [-0.4, -0.2) is 21.8 Å². The summed E-state index contributed by atoms with van der Waals surface area (Å²) < 4.78 is 21.4. The number of benzene rings is 1. The third-order valence-electron chi connectivity index (χ3n) is 4.93. The van der Waals surface area contributed by atoms with E-state index in [1.807, 2.05) is 52.0 Å². The van der Waals surface area contributed by atoms with Gasteiger partial charge in [0.05, 0.1) is 11.3 Å². The molecule has 0 saturated carbocycles. The van der Waals surface area contributed by atoms with Crippen molar-refractivity contribution in [2.45, 2.75) is 104 Å². The van der Waals surface area contributed by atoms with Crippen LogP contribution in [0.4, 0.5) is 0 Å². The molecule has 0 spiro atoms. The third kappa shape index (κ3) is 15.0. The van der Waals surface area contributed by atoms with Gasteiger partial charge in [0, 0.05) is 6.04 Å². The SMILES string of the molecule is CCC[C@@H](C)[C@@H](C)[C@@H](CC(=O)OC(C)(C)C)NS(=O)c1ccc(C)cc1.[CH2-]CCC.[Li+]. The zero-order valence-corrected chi connectivity index (χ0v) is 22.2. The van der Waals surface area contributed by atoms with Crippen molar-refractivity contribution in [1.29, 1.82) is 0 Å². The van der Waals surface area contributed by atoms with Crippen molar-refractivity contribution < 1.29 is 32.6 Å². The van der Waals surface area contributed by atoms with E-state index in [1.54, 1.807) is 0 Å². The minimum absolute atomic E-state index is 0. The van der Waals surface area contributed by atoms with E-state index in [4.69, 9.17) is 4.74 Å². The zero-order valence-electron chi connectivity index (χ0n) is 21.4. The Kier molecular flexibility index (Phi) is 17.8. The number of hydrogen-bond acceptors (Lipinski definition) is 3. The van der Waals surface area contributed by atoms with E-state index in [0.29, 0.717) is 5.92 Å². The van der Waals surface area contributed by atoms with Crippen LogP contribution < -0.4 is 23.6 Å². The number of nitrogens with one attached hydrogen (secondary N) is 1. The van der Waals surface area contributed by atoms with Gasteiger partial charge in [-0.3, -0.25) is 4.79 Å². The number of aryl methyl sites for hydroxylation is 1. The molecule has 1 rings (SSSR count). The summed E-state index contributed by atoms with van der Waals surface area (Å²) in [4.78, 5) is 13.1. The second kappa shape index (κ2) is 17.0. The number of carbonyl (C=O) groups is 1. The summed E-state index contributed by atoms with van der Waals surface area (Å²) in [5.41, 5.74) is 0.608. The number of ether oxygens (including phenoxy) is 1. The van der Waals surface area contributed by atoms with Crippen LogP contribution in [0.15, 0.2) is 29.2 Å². The van der Waals surface area contributed by atoms with Crippen molar-refractivity contribution in [1.82, 2.24) is 4.72 Å². The molecule has 4 nitrogen and oxygen atoms in total.